The molecule has 2 heterocycles. The lowest BCUT2D eigenvalue weighted by atomic mass is 9.91. The number of hydrogen-bond acceptors (Lipinski definition) is 3. The van der Waals surface area contributed by atoms with Gasteiger partial charge in [-0.1, -0.05) is 20.3 Å². The lowest BCUT2D eigenvalue weighted by Gasteiger charge is -2.48. The second-order valence-electron chi connectivity index (χ2n) is 6.95. The Bertz CT molecular complexity index is 281. The molecule has 112 valence electrons. The molecule has 0 radical (unpaired) electrons. The Kier molecular flexibility index (Phi) is 5.27. The molecule has 19 heavy (non-hydrogen) atoms. The van der Waals surface area contributed by atoms with Crippen LogP contribution in [-0.4, -0.2) is 60.6 Å². The number of nitrogens with zero attached hydrogens (tertiary/aromatic N) is 2. The van der Waals surface area contributed by atoms with E-state index in [0.717, 1.165) is 24.5 Å². The molecule has 1 N–H and O–H groups in total. The van der Waals surface area contributed by atoms with E-state index in [1.807, 2.05) is 0 Å². The summed E-state index contributed by atoms with van der Waals surface area (Å²) in [5.74, 6) is 0.790. The fourth-order valence-corrected chi connectivity index (χ4v) is 3.65. The third-order valence-electron chi connectivity index (χ3n) is 5.63. The average Bonchev–Trinajstić information content (AvgIpc) is 2.41. The molecule has 0 aromatic rings. The van der Waals surface area contributed by atoms with Crippen molar-refractivity contribution in [2.75, 3.05) is 26.7 Å². The van der Waals surface area contributed by atoms with Gasteiger partial charge in [0.1, 0.15) is 0 Å². The highest BCUT2D eigenvalue weighted by Gasteiger charge is 2.34. The van der Waals surface area contributed by atoms with E-state index in [-0.39, 0.29) is 0 Å². The number of rotatable bonds is 3. The summed E-state index contributed by atoms with van der Waals surface area (Å²) < 4.78 is 0. The van der Waals surface area contributed by atoms with Crippen LogP contribution in [0.4, 0.5) is 0 Å². The fourth-order valence-electron chi connectivity index (χ4n) is 3.65. The van der Waals surface area contributed by atoms with Crippen molar-refractivity contribution in [2.24, 2.45) is 5.92 Å². The third kappa shape index (κ3) is 3.50. The molecular formula is C16H33N3. The first-order valence-corrected chi connectivity index (χ1v) is 8.22. The first-order chi connectivity index (χ1) is 9.02. The van der Waals surface area contributed by atoms with Gasteiger partial charge < -0.3 is 10.2 Å². The van der Waals surface area contributed by atoms with Crippen LogP contribution in [-0.2, 0) is 0 Å². The van der Waals surface area contributed by atoms with Gasteiger partial charge in [-0.05, 0) is 46.2 Å². The Balaban J connectivity index is 1.97. The van der Waals surface area contributed by atoms with E-state index >= 15 is 0 Å². The summed E-state index contributed by atoms with van der Waals surface area (Å²) in [6.07, 6.45) is 3.97. The molecule has 0 bridgehead atoms. The van der Waals surface area contributed by atoms with Crippen molar-refractivity contribution in [1.29, 1.82) is 0 Å². The highest BCUT2D eigenvalue weighted by Crippen LogP contribution is 2.25. The highest BCUT2D eigenvalue weighted by molar-refractivity contribution is 4.92. The van der Waals surface area contributed by atoms with Crippen LogP contribution in [0.5, 0.6) is 0 Å². The Morgan fingerprint density at radius 3 is 2.63 bits per heavy atom. The number of nitrogens with one attached hydrogen (secondary N) is 1. The number of piperazine rings is 1. The molecule has 2 fully saturated rings. The molecule has 0 aromatic heterocycles. The molecule has 2 aliphatic heterocycles. The van der Waals surface area contributed by atoms with Crippen molar-refractivity contribution < 1.29 is 0 Å². The zero-order valence-electron chi connectivity index (χ0n) is 13.5. The van der Waals surface area contributed by atoms with Gasteiger partial charge in [0, 0.05) is 37.3 Å². The first kappa shape index (κ1) is 15.3. The van der Waals surface area contributed by atoms with Crippen LogP contribution in [0.1, 0.15) is 47.0 Å². The molecule has 0 amide bonds. The van der Waals surface area contributed by atoms with Crippen molar-refractivity contribution in [3.63, 3.8) is 0 Å². The molecule has 2 aliphatic rings. The molecule has 0 saturated carbocycles. The second-order valence-corrected chi connectivity index (χ2v) is 6.95. The van der Waals surface area contributed by atoms with Crippen LogP contribution < -0.4 is 5.32 Å². The molecular weight excluding hydrogens is 234 g/mol. The van der Waals surface area contributed by atoms with E-state index in [9.17, 15) is 0 Å². The van der Waals surface area contributed by atoms with Crippen LogP contribution in [0.15, 0.2) is 0 Å². The number of hydrogen-bond donors (Lipinski definition) is 1. The van der Waals surface area contributed by atoms with Crippen molar-refractivity contribution in [2.45, 2.75) is 71.1 Å². The molecule has 2 saturated heterocycles. The van der Waals surface area contributed by atoms with E-state index in [1.54, 1.807) is 0 Å². The average molecular weight is 267 g/mol. The maximum Gasteiger partial charge on any atom is 0.0221 e. The van der Waals surface area contributed by atoms with Crippen molar-refractivity contribution >= 4 is 0 Å². The van der Waals surface area contributed by atoms with Crippen LogP contribution in [0, 0.1) is 5.92 Å². The molecule has 0 spiro atoms. The zero-order chi connectivity index (χ0) is 14.0. The Hall–Kier alpha value is -0.120. The molecule has 3 heteroatoms. The summed E-state index contributed by atoms with van der Waals surface area (Å²) in [6.45, 7) is 13.1. The lowest BCUT2D eigenvalue weighted by molar-refractivity contribution is 0.0284. The number of likely N-dealkylation sites (tertiary alicyclic amines) is 1. The Morgan fingerprint density at radius 1 is 1.26 bits per heavy atom. The van der Waals surface area contributed by atoms with E-state index in [4.69, 9.17) is 0 Å². The van der Waals surface area contributed by atoms with E-state index in [1.165, 1.54) is 32.4 Å². The molecule has 5 unspecified atom stereocenters. The minimum atomic E-state index is 0.691. The SMILES string of the molecule is CCC(C)C1CN(C2CCN(C)C(C)C2)C(C)CN1. The molecule has 5 atom stereocenters. The predicted octanol–water partition coefficient (Wildman–Crippen LogP) is 2.18. The predicted molar refractivity (Wildman–Crippen MR) is 82.5 cm³/mol. The zero-order valence-corrected chi connectivity index (χ0v) is 13.5. The maximum absolute atomic E-state index is 3.76. The summed E-state index contributed by atoms with van der Waals surface area (Å²) in [5, 5.41) is 3.76. The van der Waals surface area contributed by atoms with Gasteiger partial charge >= 0.3 is 0 Å². The quantitative estimate of drug-likeness (QED) is 0.845. The van der Waals surface area contributed by atoms with Gasteiger partial charge in [-0.25, -0.2) is 0 Å². The van der Waals surface area contributed by atoms with Gasteiger partial charge in [0.2, 0.25) is 0 Å². The molecule has 3 nitrogen and oxygen atoms in total. The third-order valence-corrected chi connectivity index (χ3v) is 5.63. The van der Waals surface area contributed by atoms with Gasteiger partial charge in [0.05, 0.1) is 0 Å². The second kappa shape index (κ2) is 6.55. The van der Waals surface area contributed by atoms with Crippen LogP contribution >= 0.6 is 0 Å². The number of piperidine rings is 1. The minimum absolute atomic E-state index is 0.691. The normalized spacial score (nSPS) is 40.3. The fraction of sp³-hybridized carbons (Fsp3) is 1.00. The minimum Gasteiger partial charge on any atom is -0.311 e. The largest absolute Gasteiger partial charge is 0.311 e. The summed E-state index contributed by atoms with van der Waals surface area (Å²) >= 11 is 0. The van der Waals surface area contributed by atoms with Crippen molar-refractivity contribution in [3.8, 4) is 0 Å². The van der Waals surface area contributed by atoms with Crippen molar-refractivity contribution in [3.05, 3.63) is 0 Å². The standard InChI is InChI=1S/C16H33N3/c1-6-12(2)16-11-19(14(4)10-17-16)15-7-8-18(5)13(3)9-15/h12-17H,6-11H2,1-5H3. The summed E-state index contributed by atoms with van der Waals surface area (Å²) in [6, 6.07) is 2.93. The van der Waals surface area contributed by atoms with Gasteiger partial charge in [-0.3, -0.25) is 4.90 Å². The molecule has 0 aromatic carbocycles. The Morgan fingerprint density at radius 2 is 2.00 bits per heavy atom. The molecule has 0 aliphatic carbocycles. The van der Waals surface area contributed by atoms with Crippen LogP contribution in [0.25, 0.3) is 0 Å². The van der Waals surface area contributed by atoms with E-state index < -0.39 is 0 Å². The first-order valence-electron chi connectivity index (χ1n) is 8.22. The summed E-state index contributed by atoms with van der Waals surface area (Å²) in [4.78, 5) is 5.31. The highest BCUT2D eigenvalue weighted by atomic mass is 15.3. The smallest absolute Gasteiger partial charge is 0.0221 e. The summed E-state index contributed by atoms with van der Waals surface area (Å²) in [5.41, 5.74) is 0. The van der Waals surface area contributed by atoms with Gasteiger partial charge in [-0.15, -0.1) is 0 Å². The van der Waals surface area contributed by atoms with Gasteiger partial charge in [0.15, 0.2) is 0 Å². The van der Waals surface area contributed by atoms with E-state index in [0.29, 0.717) is 12.1 Å². The Labute approximate surface area is 119 Å². The lowest BCUT2D eigenvalue weighted by Crippen LogP contribution is -2.62. The van der Waals surface area contributed by atoms with Gasteiger partial charge in [0.25, 0.3) is 0 Å². The monoisotopic (exact) mass is 267 g/mol. The van der Waals surface area contributed by atoms with Crippen molar-refractivity contribution in [1.82, 2.24) is 15.1 Å². The van der Waals surface area contributed by atoms with E-state index in [2.05, 4.69) is 49.9 Å². The topological polar surface area (TPSA) is 18.5 Å². The maximum atomic E-state index is 3.76. The van der Waals surface area contributed by atoms with Crippen LogP contribution in [0.2, 0.25) is 0 Å². The van der Waals surface area contributed by atoms with Gasteiger partial charge in [-0.2, -0.15) is 0 Å². The molecule has 2 rings (SSSR count). The van der Waals surface area contributed by atoms with Crippen LogP contribution in [0.3, 0.4) is 0 Å². The summed E-state index contributed by atoms with van der Waals surface area (Å²) in [7, 11) is 2.27.